The van der Waals surface area contributed by atoms with Crippen LogP contribution in [-0.4, -0.2) is 87.6 Å². The summed E-state index contributed by atoms with van der Waals surface area (Å²) in [5.41, 5.74) is 3.19. The van der Waals surface area contributed by atoms with Crippen molar-refractivity contribution in [3.8, 4) is 0 Å². The first kappa shape index (κ1) is 21.6. The van der Waals surface area contributed by atoms with Gasteiger partial charge < -0.3 is 39.7 Å². The molecule has 9 atom stereocenters. The summed E-state index contributed by atoms with van der Waals surface area (Å²) in [6.07, 6.45) is -4.96. The number of aliphatic hydroxyl groups excluding tert-OH is 5. The summed E-state index contributed by atoms with van der Waals surface area (Å²) in [4.78, 5) is 12.0. The Morgan fingerprint density at radius 2 is 1.90 bits per heavy atom. The zero-order valence-corrected chi connectivity index (χ0v) is 16.7. The van der Waals surface area contributed by atoms with E-state index in [1.165, 1.54) is 0 Å². The zero-order chi connectivity index (χ0) is 21.7. The number of esters is 1. The highest BCUT2D eigenvalue weighted by Crippen LogP contribution is 2.47. The van der Waals surface area contributed by atoms with Crippen molar-refractivity contribution in [1.29, 1.82) is 0 Å². The third kappa shape index (κ3) is 3.54. The van der Waals surface area contributed by atoms with E-state index >= 15 is 0 Å². The summed E-state index contributed by atoms with van der Waals surface area (Å²) >= 11 is 0. The Balaban J connectivity index is 1.47. The lowest BCUT2D eigenvalue weighted by Crippen LogP contribution is -2.59. The molecule has 2 heterocycles. The van der Waals surface area contributed by atoms with E-state index in [2.05, 4.69) is 6.58 Å². The summed E-state index contributed by atoms with van der Waals surface area (Å²) in [6, 6.07) is 0. The third-order valence-corrected chi connectivity index (χ3v) is 6.60. The fourth-order valence-electron chi connectivity index (χ4n) is 4.96. The molecule has 166 valence electrons. The Morgan fingerprint density at radius 3 is 2.60 bits per heavy atom. The molecule has 0 aromatic rings. The minimum absolute atomic E-state index is 0.0881. The maximum atomic E-state index is 12.0. The minimum atomic E-state index is -1.50. The molecule has 0 saturated carbocycles. The van der Waals surface area contributed by atoms with Gasteiger partial charge in [-0.3, -0.25) is 0 Å². The Kier molecular flexibility index (Phi) is 5.88. The second-order valence-electron chi connectivity index (χ2n) is 8.55. The second kappa shape index (κ2) is 8.16. The number of rotatable bonds is 4. The van der Waals surface area contributed by atoms with E-state index in [0.29, 0.717) is 18.4 Å². The molecular formula is C21H28O9. The molecule has 4 aliphatic rings. The number of aliphatic hydroxyl groups is 5. The van der Waals surface area contributed by atoms with E-state index in [4.69, 9.17) is 14.2 Å². The van der Waals surface area contributed by atoms with Gasteiger partial charge in [-0.25, -0.2) is 4.79 Å². The molecule has 4 rings (SSSR count). The normalized spacial score (nSPS) is 43.8. The van der Waals surface area contributed by atoms with Crippen molar-refractivity contribution in [1.82, 2.24) is 0 Å². The van der Waals surface area contributed by atoms with E-state index < -0.39 is 61.4 Å². The molecule has 2 aliphatic heterocycles. The molecule has 5 N–H and O–H groups in total. The molecule has 30 heavy (non-hydrogen) atoms. The van der Waals surface area contributed by atoms with Gasteiger partial charge in [0.05, 0.1) is 25.2 Å². The van der Waals surface area contributed by atoms with Gasteiger partial charge in [-0.15, -0.1) is 0 Å². The number of ether oxygens (including phenoxy) is 3. The van der Waals surface area contributed by atoms with Crippen LogP contribution in [0.2, 0.25) is 0 Å². The molecule has 0 aromatic heterocycles. The van der Waals surface area contributed by atoms with Crippen molar-refractivity contribution in [2.75, 3.05) is 13.2 Å². The van der Waals surface area contributed by atoms with Crippen LogP contribution in [0.3, 0.4) is 0 Å². The molecule has 0 amide bonds. The fourth-order valence-corrected chi connectivity index (χ4v) is 4.96. The van der Waals surface area contributed by atoms with Crippen LogP contribution in [-0.2, 0) is 19.0 Å². The Bertz CT molecular complexity index is 785. The van der Waals surface area contributed by atoms with Gasteiger partial charge in [0.2, 0.25) is 0 Å². The van der Waals surface area contributed by atoms with E-state index in [0.717, 1.165) is 16.7 Å². The third-order valence-electron chi connectivity index (χ3n) is 6.60. The molecule has 0 aromatic carbocycles. The molecule has 9 nitrogen and oxygen atoms in total. The average Bonchev–Trinajstić information content (AvgIpc) is 3.24. The summed E-state index contributed by atoms with van der Waals surface area (Å²) in [7, 11) is 0. The molecule has 9 unspecified atom stereocenters. The van der Waals surface area contributed by atoms with Crippen LogP contribution in [0, 0.1) is 11.8 Å². The lowest BCUT2D eigenvalue weighted by atomic mass is 9.83. The van der Waals surface area contributed by atoms with Crippen LogP contribution >= 0.6 is 0 Å². The van der Waals surface area contributed by atoms with Crippen molar-refractivity contribution in [2.24, 2.45) is 11.8 Å². The van der Waals surface area contributed by atoms with Gasteiger partial charge in [-0.1, -0.05) is 18.2 Å². The Morgan fingerprint density at radius 1 is 1.17 bits per heavy atom. The molecule has 0 bridgehead atoms. The first-order valence-corrected chi connectivity index (χ1v) is 10.1. The van der Waals surface area contributed by atoms with E-state index in [1.54, 1.807) is 0 Å². The lowest BCUT2D eigenvalue weighted by Gasteiger charge is -2.39. The largest absolute Gasteiger partial charge is 0.458 e. The summed E-state index contributed by atoms with van der Waals surface area (Å²) in [5.74, 6) is -1.05. The van der Waals surface area contributed by atoms with Crippen LogP contribution in [0.4, 0.5) is 0 Å². The lowest BCUT2D eigenvalue weighted by molar-refractivity contribution is -0.299. The van der Waals surface area contributed by atoms with Crippen molar-refractivity contribution >= 4 is 5.97 Å². The van der Waals surface area contributed by atoms with Gasteiger partial charge in [-0.05, 0) is 30.9 Å². The van der Waals surface area contributed by atoms with Crippen molar-refractivity contribution < 1.29 is 44.5 Å². The van der Waals surface area contributed by atoms with Gasteiger partial charge in [0.1, 0.15) is 30.5 Å². The first-order valence-electron chi connectivity index (χ1n) is 10.1. The smallest absolute Gasteiger partial charge is 0.334 e. The molecular weight excluding hydrogens is 396 g/mol. The van der Waals surface area contributed by atoms with Gasteiger partial charge >= 0.3 is 5.97 Å². The Labute approximate surface area is 173 Å². The van der Waals surface area contributed by atoms with Crippen molar-refractivity contribution in [3.05, 3.63) is 34.9 Å². The SMILES string of the molecule is C=C1C(=O)OC2C3CC(COC4OC(CO)C(O)C(O)C4O)=CC3=C(C)CC(O)C12. The van der Waals surface area contributed by atoms with Gasteiger partial charge in [0.15, 0.2) is 6.29 Å². The summed E-state index contributed by atoms with van der Waals surface area (Å²) < 4.78 is 16.6. The highest BCUT2D eigenvalue weighted by Gasteiger charge is 2.50. The summed E-state index contributed by atoms with van der Waals surface area (Å²) in [5, 5.41) is 49.7. The Hall–Kier alpha value is -1.59. The van der Waals surface area contributed by atoms with Crippen LogP contribution in [0.1, 0.15) is 19.8 Å². The highest BCUT2D eigenvalue weighted by atomic mass is 16.7. The van der Waals surface area contributed by atoms with E-state index in [1.807, 2.05) is 13.0 Å². The van der Waals surface area contributed by atoms with Crippen LogP contribution in [0.25, 0.3) is 0 Å². The molecule has 2 fully saturated rings. The number of carbonyl (C=O) groups excluding carboxylic acids is 1. The number of hydrogen-bond acceptors (Lipinski definition) is 9. The molecule has 0 radical (unpaired) electrons. The molecule has 2 aliphatic carbocycles. The molecule has 9 heteroatoms. The first-order chi connectivity index (χ1) is 14.2. The zero-order valence-electron chi connectivity index (χ0n) is 16.7. The fraction of sp³-hybridized carbons (Fsp3) is 0.667. The number of hydrogen-bond donors (Lipinski definition) is 5. The standard InChI is InChI=1S/C21H28O9/c1-8-3-13(23)15-9(2)20(27)30-19(15)12-5-10(4-11(8)12)7-28-21-18(26)17(25)16(24)14(6-22)29-21/h4,12-19,21-26H,2-3,5-7H2,1H3. The average molecular weight is 424 g/mol. The van der Waals surface area contributed by atoms with Crippen molar-refractivity contribution in [3.63, 3.8) is 0 Å². The predicted molar refractivity (Wildman–Crippen MR) is 102 cm³/mol. The van der Waals surface area contributed by atoms with Crippen LogP contribution < -0.4 is 0 Å². The van der Waals surface area contributed by atoms with Crippen molar-refractivity contribution in [2.45, 2.75) is 62.7 Å². The van der Waals surface area contributed by atoms with Gasteiger partial charge in [0, 0.05) is 11.5 Å². The maximum absolute atomic E-state index is 12.0. The predicted octanol–water partition coefficient (Wildman–Crippen LogP) is -1.07. The van der Waals surface area contributed by atoms with Gasteiger partial charge in [-0.2, -0.15) is 0 Å². The number of carbonyl (C=O) groups is 1. The molecule has 0 spiro atoms. The quantitative estimate of drug-likeness (QED) is 0.281. The number of fused-ring (bicyclic) bond motifs is 3. The highest BCUT2D eigenvalue weighted by molar-refractivity contribution is 5.91. The van der Waals surface area contributed by atoms with Crippen LogP contribution in [0.15, 0.2) is 34.9 Å². The van der Waals surface area contributed by atoms with Crippen LogP contribution in [0.5, 0.6) is 0 Å². The van der Waals surface area contributed by atoms with E-state index in [-0.39, 0.29) is 12.5 Å². The topological polar surface area (TPSA) is 146 Å². The monoisotopic (exact) mass is 424 g/mol. The maximum Gasteiger partial charge on any atom is 0.334 e. The summed E-state index contributed by atoms with van der Waals surface area (Å²) in [6.45, 7) is 5.30. The minimum Gasteiger partial charge on any atom is -0.458 e. The number of allylic oxidation sites excluding steroid dienone is 1. The second-order valence-corrected chi connectivity index (χ2v) is 8.55. The van der Waals surface area contributed by atoms with Gasteiger partial charge in [0.25, 0.3) is 0 Å². The van der Waals surface area contributed by atoms with E-state index in [9.17, 15) is 30.3 Å². The molecule has 2 saturated heterocycles.